The molecule has 3 nitrogen and oxygen atoms in total. The predicted octanol–water partition coefficient (Wildman–Crippen LogP) is 2.21. The van der Waals surface area contributed by atoms with E-state index in [-0.39, 0.29) is 6.61 Å². The summed E-state index contributed by atoms with van der Waals surface area (Å²) in [6.45, 7) is 5.34. The lowest BCUT2D eigenvalue weighted by molar-refractivity contribution is 0.258. The Labute approximate surface area is 91.5 Å². The fourth-order valence-corrected chi connectivity index (χ4v) is 1.54. The summed E-state index contributed by atoms with van der Waals surface area (Å²) in [5.74, 6) is 1.48. The van der Waals surface area contributed by atoms with Crippen LogP contribution in [0.15, 0.2) is 18.3 Å². The van der Waals surface area contributed by atoms with Gasteiger partial charge in [-0.05, 0) is 30.9 Å². The molecule has 0 aliphatic heterocycles. The molecule has 15 heavy (non-hydrogen) atoms. The van der Waals surface area contributed by atoms with E-state index in [1.807, 2.05) is 19.1 Å². The summed E-state index contributed by atoms with van der Waals surface area (Å²) in [4.78, 5) is 4.27. The van der Waals surface area contributed by atoms with E-state index < -0.39 is 0 Å². The first kappa shape index (κ1) is 12.0. The van der Waals surface area contributed by atoms with E-state index in [1.165, 1.54) is 0 Å². The molecule has 1 aromatic rings. The topological polar surface area (TPSA) is 45.1 Å². The third-order valence-corrected chi connectivity index (χ3v) is 2.68. The van der Waals surface area contributed by atoms with E-state index in [1.54, 1.807) is 6.20 Å². The maximum atomic E-state index is 8.88. The zero-order chi connectivity index (χ0) is 11.1. The van der Waals surface area contributed by atoms with Crippen LogP contribution in [0.3, 0.4) is 0 Å². The van der Waals surface area contributed by atoms with Crippen molar-refractivity contribution in [1.82, 2.24) is 4.98 Å². The predicted molar refractivity (Wildman–Crippen MR) is 62.9 cm³/mol. The lowest BCUT2D eigenvalue weighted by atomic mass is 10.0. The van der Waals surface area contributed by atoms with Crippen molar-refractivity contribution in [1.29, 1.82) is 0 Å². The molecular formula is C12H20N2O. The molecule has 0 fully saturated rings. The average Bonchev–Trinajstić information content (AvgIpc) is 2.26. The van der Waals surface area contributed by atoms with Gasteiger partial charge in [0.25, 0.3) is 0 Å². The number of hydrogen-bond donors (Lipinski definition) is 2. The van der Waals surface area contributed by atoms with Gasteiger partial charge in [0.2, 0.25) is 0 Å². The molecule has 0 aliphatic rings. The van der Waals surface area contributed by atoms with Gasteiger partial charge in [0.05, 0.1) is 0 Å². The normalized spacial score (nSPS) is 12.5. The van der Waals surface area contributed by atoms with Gasteiger partial charge < -0.3 is 10.4 Å². The summed E-state index contributed by atoms with van der Waals surface area (Å²) in [6, 6.07) is 3.98. The minimum Gasteiger partial charge on any atom is -0.396 e. The van der Waals surface area contributed by atoms with Crippen molar-refractivity contribution in [2.75, 3.05) is 18.5 Å². The second kappa shape index (κ2) is 6.40. The molecule has 0 spiro atoms. The lowest BCUT2D eigenvalue weighted by Crippen LogP contribution is -2.16. The van der Waals surface area contributed by atoms with Gasteiger partial charge in [-0.3, -0.25) is 0 Å². The Morgan fingerprint density at radius 2 is 2.33 bits per heavy atom. The summed E-state index contributed by atoms with van der Waals surface area (Å²) in [5.41, 5.74) is 1.16. The Hall–Kier alpha value is -1.09. The Bertz CT molecular complexity index is 289. The van der Waals surface area contributed by atoms with Crippen molar-refractivity contribution in [2.24, 2.45) is 5.92 Å². The first-order chi connectivity index (χ1) is 7.27. The summed E-state index contributed by atoms with van der Waals surface area (Å²) < 4.78 is 0. The molecule has 0 aliphatic carbocycles. The van der Waals surface area contributed by atoms with Crippen LogP contribution < -0.4 is 5.32 Å². The van der Waals surface area contributed by atoms with Crippen LogP contribution in [0, 0.1) is 12.8 Å². The third-order valence-electron chi connectivity index (χ3n) is 2.68. The van der Waals surface area contributed by atoms with Crippen molar-refractivity contribution in [3.8, 4) is 0 Å². The molecule has 2 N–H and O–H groups in total. The van der Waals surface area contributed by atoms with Crippen LogP contribution in [0.5, 0.6) is 0 Å². The average molecular weight is 208 g/mol. The molecule has 1 unspecified atom stereocenters. The minimum atomic E-state index is 0.265. The number of aliphatic hydroxyl groups is 1. The number of aromatic nitrogens is 1. The van der Waals surface area contributed by atoms with Crippen LogP contribution in [-0.2, 0) is 0 Å². The lowest BCUT2D eigenvalue weighted by Gasteiger charge is -2.15. The van der Waals surface area contributed by atoms with Crippen LogP contribution in [0.4, 0.5) is 5.82 Å². The van der Waals surface area contributed by atoms with Crippen molar-refractivity contribution in [3.05, 3.63) is 23.9 Å². The largest absolute Gasteiger partial charge is 0.396 e. The molecular weight excluding hydrogens is 188 g/mol. The molecule has 0 bridgehead atoms. The molecule has 1 rings (SSSR count). The van der Waals surface area contributed by atoms with E-state index in [9.17, 15) is 0 Å². The molecule has 84 valence electrons. The highest BCUT2D eigenvalue weighted by Gasteiger charge is 2.06. The fraction of sp³-hybridized carbons (Fsp3) is 0.583. The highest BCUT2D eigenvalue weighted by molar-refractivity contribution is 5.42. The first-order valence-electron chi connectivity index (χ1n) is 5.54. The van der Waals surface area contributed by atoms with Gasteiger partial charge >= 0.3 is 0 Å². The van der Waals surface area contributed by atoms with Crippen LogP contribution in [0.25, 0.3) is 0 Å². The maximum absolute atomic E-state index is 8.88. The van der Waals surface area contributed by atoms with E-state index in [4.69, 9.17) is 5.11 Å². The van der Waals surface area contributed by atoms with Crippen molar-refractivity contribution >= 4 is 5.82 Å². The highest BCUT2D eigenvalue weighted by Crippen LogP contribution is 2.12. The number of aryl methyl sites for hydroxylation is 1. The van der Waals surface area contributed by atoms with Crippen LogP contribution in [0.2, 0.25) is 0 Å². The summed E-state index contributed by atoms with van der Waals surface area (Å²) in [6.07, 6.45) is 3.73. The molecule has 0 saturated carbocycles. The molecule has 1 atom stereocenters. The molecule has 0 amide bonds. The van der Waals surface area contributed by atoms with Gasteiger partial charge in [0.1, 0.15) is 5.82 Å². The monoisotopic (exact) mass is 208 g/mol. The number of hydrogen-bond acceptors (Lipinski definition) is 3. The number of aliphatic hydroxyl groups excluding tert-OH is 1. The van der Waals surface area contributed by atoms with Crippen molar-refractivity contribution < 1.29 is 5.11 Å². The second-order valence-electron chi connectivity index (χ2n) is 3.84. The number of rotatable bonds is 6. The Morgan fingerprint density at radius 3 is 2.93 bits per heavy atom. The number of nitrogens with zero attached hydrogens (tertiary/aromatic N) is 1. The molecule has 1 heterocycles. The van der Waals surface area contributed by atoms with Crippen molar-refractivity contribution in [2.45, 2.75) is 26.7 Å². The zero-order valence-corrected chi connectivity index (χ0v) is 9.53. The van der Waals surface area contributed by atoms with E-state index in [0.717, 1.165) is 30.8 Å². The van der Waals surface area contributed by atoms with E-state index in [0.29, 0.717) is 5.92 Å². The summed E-state index contributed by atoms with van der Waals surface area (Å²) >= 11 is 0. The molecule has 0 aromatic carbocycles. The second-order valence-corrected chi connectivity index (χ2v) is 3.84. The minimum absolute atomic E-state index is 0.265. The smallest absolute Gasteiger partial charge is 0.128 e. The van der Waals surface area contributed by atoms with Gasteiger partial charge in [0, 0.05) is 19.3 Å². The first-order valence-corrected chi connectivity index (χ1v) is 5.54. The fourth-order valence-electron chi connectivity index (χ4n) is 1.54. The number of pyridine rings is 1. The summed E-state index contributed by atoms with van der Waals surface area (Å²) in [5, 5.41) is 12.2. The standard InChI is InChI=1S/C12H20N2O/c1-3-11(6-8-15)9-14-12-10(2)5-4-7-13-12/h4-5,7,11,15H,3,6,8-9H2,1-2H3,(H,13,14). The maximum Gasteiger partial charge on any atom is 0.128 e. The molecule has 0 saturated heterocycles. The number of nitrogens with one attached hydrogen (secondary N) is 1. The van der Waals surface area contributed by atoms with Crippen LogP contribution in [-0.4, -0.2) is 23.2 Å². The number of anilines is 1. The van der Waals surface area contributed by atoms with E-state index in [2.05, 4.69) is 17.2 Å². The Kier molecular flexibility index (Phi) is 5.12. The van der Waals surface area contributed by atoms with E-state index >= 15 is 0 Å². The highest BCUT2D eigenvalue weighted by atomic mass is 16.3. The van der Waals surface area contributed by atoms with Gasteiger partial charge in [-0.2, -0.15) is 0 Å². The van der Waals surface area contributed by atoms with Crippen LogP contribution in [0.1, 0.15) is 25.3 Å². The third kappa shape index (κ3) is 3.88. The molecule has 0 radical (unpaired) electrons. The Balaban J connectivity index is 2.45. The van der Waals surface area contributed by atoms with Gasteiger partial charge in [-0.25, -0.2) is 4.98 Å². The summed E-state index contributed by atoms with van der Waals surface area (Å²) in [7, 11) is 0. The Morgan fingerprint density at radius 1 is 1.53 bits per heavy atom. The molecule has 3 heteroatoms. The van der Waals surface area contributed by atoms with Gasteiger partial charge in [-0.15, -0.1) is 0 Å². The molecule has 1 aromatic heterocycles. The van der Waals surface area contributed by atoms with Crippen LogP contribution >= 0.6 is 0 Å². The SMILES string of the molecule is CCC(CCO)CNc1ncccc1C. The zero-order valence-electron chi connectivity index (χ0n) is 9.53. The van der Waals surface area contributed by atoms with Gasteiger partial charge in [0.15, 0.2) is 0 Å². The van der Waals surface area contributed by atoms with Crippen molar-refractivity contribution in [3.63, 3.8) is 0 Å². The quantitative estimate of drug-likeness (QED) is 0.753. The van der Waals surface area contributed by atoms with Gasteiger partial charge in [-0.1, -0.05) is 19.4 Å².